The van der Waals surface area contributed by atoms with Crippen LogP contribution >= 0.6 is 24.0 Å². The van der Waals surface area contributed by atoms with Crippen LogP contribution in [0.25, 0.3) is 0 Å². The largest absolute Gasteiger partial charge is 0.355 e. The number of hydrogen-bond acceptors (Lipinski definition) is 2. The van der Waals surface area contributed by atoms with Crippen LogP contribution < -0.4 is 10.6 Å². The van der Waals surface area contributed by atoms with E-state index in [2.05, 4.69) is 17.6 Å². The lowest BCUT2D eigenvalue weighted by atomic mass is 10.1. The summed E-state index contributed by atoms with van der Waals surface area (Å²) in [5.41, 5.74) is 1.18. The number of amides is 1. The van der Waals surface area contributed by atoms with Crippen molar-refractivity contribution in [1.29, 1.82) is 0 Å². The molecule has 0 aromatic heterocycles. The molecule has 1 aliphatic rings. The first-order chi connectivity index (χ1) is 9.22. The normalized spacial score (nSPS) is 20.1. The summed E-state index contributed by atoms with van der Waals surface area (Å²) in [6.07, 6.45) is 2.06. The quantitative estimate of drug-likeness (QED) is 0.759. The molecule has 3 nitrogen and oxygen atoms in total. The predicted molar refractivity (Wildman–Crippen MR) is 85.7 cm³/mol. The van der Waals surface area contributed by atoms with Gasteiger partial charge in [0.05, 0.1) is 0 Å². The van der Waals surface area contributed by atoms with Crippen LogP contribution in [0.2, 0.25) is 5.02 Å². The maximum atomic E-state index is 11.9. The minimum Gasteiger partial charge on any atom is -0.355 e. The third-order valence-corrected chi connectivity index (χ3v) is 3.67. The first-order valence-corrected chi connectivity index (χ1v) is 7.34. The molecule has 0 radical (unpaired) electrons. The highest BCUT2D eigenvalue weighted by Gasteiger charge is 2.43. The van der Waals surface area contributed by atoms with E-state index >= 15 is 0 Å². The highest BCUT2D eigenvalue weighted by atomic mass is 35.5. The minimum absolute atomic E-state index is 0. The van der Waals surface area contributed by atoms with Crippen molar-refractivity contribution < 1.29 is 4.79 Å². The van der Waals surface area contributed by atoms with Gasteiger partial charge in [-0.3, -0.25) is 4.79 Å². The SMILES string of the molecule is CCCNCCNC(=O)C1CC1c1cccc(Cl)c1.Cl. The first-order valence-electron chi connectivity index (χ1n) is 6.96. The van der Waals surface area contributed by atoms with Crippen LogP contribution in [-0.4, -0.2) is 25.5 Å². The van der Waals surface area contributed by atoms with Gasteiger partial charge >= 0.3 is 0 Å². The summed E-state index contributed by atoms with van der Waals surface area (Å²) in [7, 11) is 0. The Morgan fingerprint density at radius 2 is 2.15 bits per heavy atom. The molecule has 1 aliphatic carbocycles. The summed E-state index contributed by atoms with van der Waals surface area (Å²) in [4.78, 5) is 11.9. The van der Waals surface area contributed by atoms with Gasteiger partial charge in [-0.2, -0.15) is 0 Å². The number of carbonyl (C=O) groups is 1. The second-order valence-electron chi connectivity index (χ2n) is 5.04. The third kappa shape index (κ3) is 4.97. The monoisotopic (exact) mass is 316 g/mol. The van der Waals surface area contributed by atoms with Crippen LogP contribution in [0.3, 0.4) is 0 Å². The Balaban J connectivity index is 0.00000200. The summed E-state index contributed by atoms with van der Waals surface area (Å²) < 4.78 is 0. The number of nitrogens with one attached hydrogen (secondary N) is 2. The van der Waals surface area contributed by atoms with E-state index in [1.807, 2.05) is 24.3 Å². The lowest BCUT2D eigenvalue weighted by Gasteiger charge is -2.06. The van der Waals surface area contributed by atoms with Crippen molar-refractivity contribution >= 4 is 29.9 Å². The average Bonchev–Trinajstić information content (AvgIpc) is 3.18. The second kappa shape index (κ2) is 8.50. The molecule has 112 valence electrons. The first kappa shape index (κ1) is 17.3. The fourth-order valence-electron chi connectivity index (χ4n) is 2.30. The highest BCUT2D eigenvalue weighted by Crippen LogP contribution is 2.47. The summed E-state index contributed by atoms with van der Waals surface area (Å²) in [5, 5.41) is 6.99. The summed E-state index contributed by atoms with van der Waals surface area (Å²) in [6.45, 7) is 4.68. The number of halogens is 2. The standard InChI is InChI=1S/C15H21ClN2O.ClH/c1-2-6-17-7-8-18-15(19)14-10-13(14)11-4-3-5-12(16)9-11;/h3-5,9,13-14,17H,2,6-8,10H2,1H3,(H,18,19);1H. The number of hydrogen-bond donors (Lipinski definition) is 2. The molecular formula is C15H22Cl2N2O. The maximum absolute atomic E-state index is 11.9. The molecule has 0 spiro atoms. The Morgan fingerprint density at radius 1 is 1.35 bits per heavy atom. The van der Waals surface area contributed by atoms with E-state index < -0.39 is 0 Å². The van der Waals surface area contributed by atoms with Gasteiger partial charge in [0.25, 0.3) is 0 Å². The third-order valence-electron chi connectivity index (χ3n) is 3.43. The van der Waals surface area contributed by atoms with Gasteiger partial charge in [0.2, 0.25) is 5.91 Å². The molecule has 1 fully saturated rings. The summed E-state index contributed by atoms with van der Waals surface area (Å²) in [6, 6.07) is 7.82. The van der Waals surface area contributed by atoms with Gasteiger partial charge in [-0.1, -0.05) is 30.7 Å². The molecule has 0 aliphatic heterocycles. The lowest BCUT2D eigenvalue weighted by molar-refractivity contribution is -0.122. The highest BCUT2D eigenvalue weighted by molar-refractivity contribution is 6.30. The molecule has 0 bridgehead atoms. The Hall–Kier alpha value is -0.770. The van der Waals surface area contributed by atoms with Crippen LogP contribution in [0.15, 0.2) is 24.3 Å². The van der Waals surface area contributed by atoms with E-state index in [-0.39, 0.29) is 24.2 Å². The Kier molecular flexibility index (Phi) is 7.35. The number of carbonyl (C=O) groups excluding carboxylic acids is 1. The zero-order valence-electron chi connectivity index (χ0n) is 11.7. The molecule has 0 heterocycles. The molecule has 1 aromatic rings. The minimum atomic E-state index is 0. The van der Waals surface area contributed by atoms with Crippen LogP contribution in [0.1, 0.15) is 31.2 Å². The van der Waals surface area contributed by atoms with Crippen molar-refractivity contribution in [3.63, 3.8) is 0 Å². The zero-order valence-corrected chi connectivity index (χ0v) is 13.3. The molecule has 5 heteroatoms. The van der Waals surface area contributed by atoms with E-state index in [9.17, 15) is 4.79 Å². The Labute approximate surface area is 131 Å². The Morgan fingerprint density at radius 3 is 2.85 bits per heavy atom. The van der Waals surface area contributed by atoms with E-state index in [0.717, 1.165) is 31.0 Å². The van der Waals surface area contributed by atoms with Crippen molar-refractivity contribution in [1.82, 2.24) is 10.6 Å². The number of rotatable bonds is 7. The van der Waals surface area contributed by atoms with Gasteiger partial charge in [0, 0.05) is 24.0 Å². The van der Waals surface area contributed by atoms with Crippen LogP contribution in [0.4, 0.5) is 0 Å². The fourth-order valence-corrected chi connectivity index (χ4v) is 2.50. The fraction of sp³-hybridized carbons (Fsp3) is 0.533. The topological polar surface area (TPSA) is 41.1 Å². The molecule has 1 amide bonds. The van der Waals surface area contributed by atoms with E-state index in [4.69, 9.17) is 11.6 Å². The Bertz CT molecular complexity index is 440. The molecule has 2 rings (SSSR count). The smallest absolute Gasteiger partial charge is 0.223 e. The second-order valence-corrected chi connectivity index (χ2v) is 5.48. The molecule has 20 heavy (non-hydrogen) atoms. The molecular weight excluding hydrogens is 295 g/mol. The van der Waals surface area contributed by atoms with Crippen molar-refractivity contribution in [3.8, 4) is 0 Å². The maximum Gasteiger partial charge on any atom is 0.223 e. The van der Waals surface area contributed by atoms with Crippen LogP contribution in [0, 0.1) is 5.92 Å². The van der Waals surface area contributed by atoms with Crippen molar-refractivity contribution in [2.45, 2.75) is 25.7 Å². The molecule has 2 atom stereocenters. The molecule has 2 unspecified atom stereocenters. The zero-order chi connectivity index (χ0) is 13.7. The van der Waals surface area contributed by atoms with Gasteiger partial charge in [0.1, 0.15) is 0 Å². The van der Waals surface area contributed by atoms with Gasteiger partial charge < -0.3 is 10.6 Å². The lowest BCUT2D eigenvalue weighted by Crippen LogP contribution is -2.33. The van der Waals surface area contributed by atoms with Gasteiger partial charge in [-0.15, -0.1) is 12.4 Å². The van der Waals surface area contributed by atoms with Crippen LogP contribution in [-0.2, 0) is 4.79 Å². The van der Waals surface area contributed by atoms with Gasteiger partial charge in [-0.05, 0) is 43.0 Å². The average molecular weight is 317 g/mol. The predicted octanol–water partition coefficient (Wildman–Crippen LogP) is 2.98. The summed E-state index contributed by atoms with van der Waals surface area (Å²) >= 11 is 5.97. The van der Waals surface area contributed by atoms with Gasteiger partial charge in [0.15, 0.2) is 0 Å². The summed E-state index contributed by atoms with van der Waals surface area (Å²) in [5.74, 6) is 0.648. The van der Waals surface area contributed by atoms with Crippen molar-refractivity contribution in [3.05, 3.63) is 34.9 Å². The molecule has 2 N–H and O–H groups in total. The van der Waals surface area contributed by atoms with Crippen molar-refractivity contribution in [2.24, 2.45) is 5.92 Å². The number of benzene rings is 1. The van der Waals surface area contributed by atoms with E-state index in [0.29, 0.717) is 12.5 Å². The van der Waals surface area contributed by atoms with E-state index in [1.165, 1.54) is 5.56 Å². The molecule has 1 aromatic carbocycles. The van der Waals surface area contributed by atoms with Crippen molar-refractivity contribution in [2.75, 3.05) is 19.6 Å². The molecule has 1 saturated carbocycles. The van der Waals surface area contributed by atoms with Crippen LogP contribution in [0.5, 0.6) is 0 Å². The van der Waals surface area contributed by atoms with E-state index in [1.54, 1.807) is 0 Å². The van der Waals surface area contributed by atoms with Gasteiger partial charge in [-0.25, -0.2) is 0 Å². The molecule has 0 saturated heterocycles.